The second-order valence-corrected chi connectivity index (χ2v) is 6.52. The van der Waals surface area contributed by atoms with Gasteiger partial charge in [-0.25, -0.2) is 17.5 Å². The number of carboxylic acids is 1. The van der Waals surface area contributed by atoms with E-state index in [1.807, 2.05) is 0 Å². The van der Waals surface area contributed by atoms with Crippen molar-refractivity contribution < 1.29 is 22.7 Å². The minimum Gasteiger partial charge on any atom is -0.481 e. The summed E-state index contributed by atoms with van der Waals surface area (Å²) in [5.41, 5.74) is 0.534. The molecule has 2 N–H and O–H groups in total. The number of aromatic nitrogens is 2. The maximum atomic E-state index is 13.1. The van der Waals surface area contributed by atoms with Crippen molar-refractivity contribution in [2.24, 2.45) is 5.92 Å². The number of pyridine rings is 2. The van der Waals surface area contributed by atoms with Gasteiger partial charge in [-0.05, 0) is 18.2 Å². The molecule has 0 aromatic carbocycles. The molecule has 2 aromatic heterocycles. The summed E-state index contributed by atoms with van der Waals surface area (Å²) in [7, 11) is -4.04. The quantitative estimate of drug-likeness (QED) is 0.773. The highest BCUT2D eigenvalue weighted by Gasteiger charge is 2.23. The van der Waals surface area contributed by atoms with Crippen molar-refractivity contribution >= 4 is 16.0 Å². The highest BCUT2D eigenvalue weighted by atomic mass is 32.2. The number of hydrogen-bond acceptors (Lipinski definition) is 5. The molecule has 23 heavy (non-hydrogen) atoms. The molecule has 0 fully saturated rings. The van der Waals surface area contributed by atoms with E-state index in [4.69, 9.17) is 0 Å². The molecule has 2 aromatic rings. The summed E-state index contributed by atoms with van der Waals surface area (Å²) in [5, 5.41) is 9.21. The van der Waals surface area contributed by atoms with Crippen LogP contribution in [0.5, 0.6) is 0 Å². The maximum Gasteiger partial charge on any atom is 0.308 e. The van der Waals surface area contributed by atoms with Crippen molar-refractivity contribution in [2.75, 3.05) is 6.54 Å². The molecule has 7 nitrogen and oxygen atoms in total. The lowest BCUT2D eigenvalue weighted by molar-refractivity contribution is -0.141. The van der Waals surface area contributed by atoms with E-state index in [0.29, 0.717) is 5.69 Å². The molecule has 2 heterocycles. The summed E-state index contributed by atoms with van der Waals surface area (Å²) in [6.45, 7) is -0.343. The van der Waals surface area contributed by atoms with E-state index in [2.05, 4.69) is 14.7 Å². The number of nitrogens with one attached hydrogen (secondary N) is 1. The third-order valence-electron chi connectivity index (χ3n) is 3.04. The van der Waals surface area contributed by atoms with Crippen LogP contribution in [0.4, 0.5) is 4.39 Å². The first-order valence-corrected chi connectivity index (χ1v) is 8.10. The number of halogens is 1. The standard InChI is InChI=1S/C14H14FN3O4S/c15-11-6-13(9-16-8-11)23(21,22)18-7-10(14(19)20)5-12-3-1-2-4-17-12/h1-4,6,8-10,18H,5,7H2,(H,19,20). The Morgan fingerprint density at radius 1 is 1.35 bits per heavy atom. The van der Waals surface area contributed by atoms with Crippen LogP contribution in [0.25, 0.3) is 0 Å². The van der Waals surface area contributed by atoms with Gasteiger partial charge in [-0.1, -0.05) is 6.07 Å². The molecule has 2 rings (SSSR count). The average molecular weight is 339 g/mol. The van der Waals surface area contributed by atoms with E-state index >= 15 is 0 Å². The number of aliphatic carboxylic acids is 1. The Hall–Kier alpha value is -2.39. The van der Waals surface area contributed by atoms with Crippen LogP contribution in [0.2, 0.25) is 0 Å². The Bertz CT molecular complexity index is 784. The van der Waals surface area contributed by atoms with Gasteiger partial charge in [0.2, 0.25) is 10.0 Å². The van der Waals surface area contributed by atoms with Crippen molar-refractivity contribution in [2.45, 2.75) is 11.3 Å². The Balaban J connectivity index is 2.08. The third-order valence-corrected chi connectivity index (χ3v) is 4.43. The Kier molecular flexibility index (Phi) is 5.35. The SMILES string of the molecule is O=C(O)C(CNS(=O)(=O)c1cncc(F)c1)Cc1ccccn1. The zero-order valence-corrected chi connectivity index (χ0v) is 12.7. The van der Waals surface area contributed by atoms with Gasteiger partial charge in [0.05, 0.1) is 12.1 Å². The van der Waals surface area contributed by atoms with Crippen molar-refractivity contribution in [1.82, 2.24) is 14.7 Å². The molecule has 0 aliphatic rings. The number of rotatable bonds is 7. The summed E-state index contributed by atoms with van der Waals surface area (Å²) in [5.74, 6) is -2.95. The molecule has 0 amide bonds. The summed E-state index contributed by atoms with van der Waals surface area (Å²) in [6.07, 6.45) is 3.46. The fourth-order valence-electron chi connectivity index (χ4n) is 1.85. The van der Waals surface area contributed by atoms with Crippen molar-refractivity contribution in [1.29, 1.82) is 0 Å². The lowest BCUT2D eigenvalue weighted by atomic mass is 10.0. The third kappa shape index (κ3) is 4.80. The van der Waals surface area contributed by atoms with Crippen LogP contribution in [0.1, 0.15) is 5.69 Å². The molecule has 122 valence electrons. The fraction of sp³-hybridized carbons (Fsp3) is 0.214. The highest BCUT2D eigenvalue weighted by molar-refractivity contribution is 7.89. The maximum absolute atomic E-state index is 13.1. The topological polar surface area (TPSA) is 109 Å². The van der Waals surface area contributed by atoms with Crippen molar-refractivity contribution in [3.8, 4) is 0 Å². The number of hydrogen-bond donors (Lipinski definition) is 2. The van der Waals surface area contributed by atoms with Crippen LogP contribution in [0.3, 0.4) is 0 Å². The molecular weight excluding hydrogens is 325 g/mol. The highest BCUT2D eigenvalue weighted by Crippen LogP contribution is 2.11. The van der Waals surface area contributed by atoms with Gasteiger partial charge in [-0.2, -0.15) is 0 Å². The summed E-state index contributed by atoms with van der Waals surface area (Å²) in [6, 6.07) is 5.87. The van der Waals surface area contributed by atoms with Crippen molar-refractivity contribution in [3.63, 3.8) is 0 Å². The van der Waals surface area contributed by atoms with Crippen LogP contribution in [0, 0.1) is 11.7 Å². The van der Waals surface area contributed by atoms with Gasteiger partial charge in [0.25, 0.3) is 0 Å². The summed E-state index contributed by atoms with van der Waals surface area (Å²) >= 11 is 0. The molecule has 1 unspecified atom stereocenters. The van der Waals surface area contributed by atoms with Gasteiger partial charge < -0.3 is 5.11 Å². The lowest BCUT2D eigenvalue weighted by Gasteiger charge is -2.13. The molecule has 0 saturated carbocycles. The Morgan fingerprint density at radius 2 is 2.13 bits per heavy atom. The molecule has 1 atom stereocenters. The van der Waals surface area contributed by atoms with Crippen LogP contribution in [-0.4, -0.2) is 36.0 Å². The molecule has 0 aliphatic heterocycles. The zero-order chi connectivity index (χ0) is 16.9. The number of nitrogens with zero attached hydrogens (tertiary/aromatic N) is 2. The van der Waals surface area contributed by atoms with E-state index in [0.717, 1.165) is 18.5 Å². The molecule has 0 radical (unpaired) electrons. The monoisotopic (exact) mass is 339 g/mol. The number of sulfonamides is 1. The average Bonchev–Trinajstić information content (AvgIpc) is 2.52. The first kappa shape index (κ1) is 17.0. The van der Waals surface area contributed by atoms with Crippen LogP contribution >= 0.6 is 0 Å². The lowest BCUT2D eigenvalue weighted by Crippen LogP contribution is -2.34. The minimum atomic E-state index is -4.04. The first-order chi connectivity index (χ1) is 10.9. The fourth-order valence-corrected chi connectivity index (χ4v) is 2.91. The Labute approximate surface area is 132 Å². The van der Waals surface area contributed by atoms with E-state index < -0.39 is 27.7 Å². The van der Waals surface area contributed by atoms with Crippen molar-refractivity contribution in [3.05, 3.63) is 54.4 Å². The molecular formula is C14H14FN3O4S. The van der Waals surface area contributed by atoms with E-state index in [1.165, 1.54) is 6.20 Å². The number of carbonyl (C=O) groups is 1. The molecule has 9 heteroatoms. The minimum absolute atomic E-state index is 0.0695. The zero-order valence-electron chi connectivity index (χ0n) is 11.9. The predicted octanol–water partition coefficient (Wildman–Crippen LogP) is 0.837. The van der Waals surface area contributed by atoms with Gasteiger partial charge in [0, 0.05) is 31.1 Å². The van der Waals surface area contributed by atoms with E-state index in [9.17, 15) is 22.7 Å². The van der Waals surface area contributed by atoms with Gasteiger partial charge >= 0.3 is 5.97 Å². The molecule has 0 spiro atoms. The largest absolute Gasteiger partial charge is 0.481 e. The first-order valence-electron chi connectivity index (χ1n) is 6.61. The molecule has 0 saturated heterocycles. The van der Waals surface area contributed by atoms with Gasteiger partial charge in [0.15, 0.2) is 0 Å². The number of carboxylic acid groups (broad SMARTS) is 1. The van der Waals surface area contributed by atoms with Gasteiger partial charge in [-0.3, -0.25) is 14.8 Å². The van der Waals surface area contributed by atoms with Crippen LogP contribution < -0.4 is 4.72 Å². The summed E-state index contributed by atoms with van der Waals surface area (Å²) in [4.78, 5) is 18.4. The Morgan fingerprint density at radius 3 is 2.74 bits per heavy atom. The van der Waals surface area contributed by atoms with Gasteiger partial charge in [0.1, 0.15) is 10.7 Å². The predicted molar refractivity (Wildman–Crippen MR) is 78.5 cm³/mol. The van der Waals surface area contributed by atoms with E-state index in [1.54, 1.807) is 18.2 Å². The smallest absolute Gasteiger partial charge is 0.308 e. The van der Waals surface area contributed by atoms with Crippen LogP contribution in [0.15, 0.2) is 47.8 Å². The van der Waals surface area contributed by atoms with Gasteiger partial charge in [-0.15, -0.1) is 0 Å². The second kappa shape index (κ2) is 7.25. The second-order valence-electron chi connectivity index (χ2n) is 4.75. The van der Waals surface area contributed by atoms with Crippen LogP contribution in [-0.2, 0) is 21.2 Å². The molecule has 0 bridgehead atoms. The summed E-state index contributed by atoms with van der Waals surface area (Å²) < 4.78 is 39.3. The normalized spacial score (nSPS) is 12.7. The molecule has 0 aliphatic carbocycles. The van der Waals surface area contributed by atoms with E-state index in [-0.39, 0.29) is 17.9 Å².